The molecule has 0 radical (unpaired) electrons. The van der Waals surface area contributed by atoms with Gasteiger partial charge in [-0.1, -0.05) is 27.7 Å². The van der Waals surface area contributed by atoms with E-state index in [1.807, 2.05) is 24.6 Å². The van der Waals surface area contributed by atoms with Crippen molar-refractivity contribution < 1.29 is 14.3 Å². The van der Waals surface area contributed by atoms with Crippen LogP contribution in [0.4, 0.5) is 0 Å². The Morgan fingerprint density at radius 3 is 2.52 bits per heavy atom. The van der Waals surface area contributed by atoms with Crippen LogP contribution < -0.4 is 5.32 Å². The Labute approximate surface area is 134 Å². The van der Waals surface area contributed by atoms with Crippen molar-refractivity contribution in [3.05, 3.63) is 35.2 Å². The molecule has 1 unspecified atom stereocenters. The monoisotopic (exact) mass is 329 g/mol. The van der Waals surface area contributed by atoms with Crippen molar-refractivity contribution in [2.75, 3.05) is 13.3 Å². The fourth-order valence-corrected chi connectivity index (χ4v) is 2.13. The highest BCUT2D eigenvalue weighted by Crippen LogP contribution is 2.14. The topological polar surface area (TPSA) is 55.4 Å². The Kier molecular flexibility index (Phi) is 11.0. The first kappa shape index (κ1) is 19.9. The van der Waals surface area contributed by atoms with Crippen molar-refractivity contribution in [1.29, 1.82) is 0 Å². The van der Waals surface area contributed by atoms with Gasteiger partial charge in [0.25, 0.3) is 0 Å². The van der Waals surface area contributed by atoms with E-state index in [1.165, 1.54) is 6.92 Å². The summed E-state index contributed by atoms with van der Waals surface area (Å²) in [7, 11) is 0.576. The van der Waals surface area contributed by atoms with Crippen LogP contribution in [0.3, 0.4) is 0 Å². The molecule has 0 aromatic heterocycles. The Bertz CT molecular complexity index is 433. The molecule has 0 fully saturated rings. The molecule has 21 heavy (non-hydrogen) atoms. The molecule has 0 aliphatic heterocycles. The number of ether oxygens (including phenoxy) is 1. The highest BCUT2D eigenvalue weighted by molar-refractivity contribution is 7.83. The number of carbonyl (C=O) groups is 2. The zero-order valence-corrected chi connectivity index (χ0v) is 14.8. The number of esters is 1. The molecule has 1 N–H and O–H groups in total. The average molecular weight is 329 g/mol. The SMILES string of the molecule is CCOC(=O)[C@H](NC(/C=C\C=C\S)=C/PC)[C@H](C)C(C)=O. The lowest BCUT2D eigenvalue weighted by atomic mass is 9.97. The maximum Gasteiger partial charge on any atom is 0.329 e. The van der Waals surface area contributed by atoms with Gasteiger partial charge in [-0.2, -0.15) is 12.6 Å². The highest BCUT2D eigenvalue weighted by Gasteiger charge is 2.29. The average Bonchev–Trinajstić information content (AvgIpc) is 2.44. The van der Waals surface area contributed by atoms with Crippen LogP contribution >= 0.6 is 21.2 Å². The fraction of sp³-hybridized carbons (Fsp3) is 0.467. The molecule has 0 aliphatic rings. The van der Waals surface area contributed by atoms with Crippen molar-refractivity contribution in [2.45, 2.75) is 26.8 Å². The summed E-state index contributed by atoms with van der Waals surface area (Å²) >= 11 is 3.98. The number of thiol groups is 1. The van der Waals surface area contributed by atoms with Gasteiger partial charge in [-0.05, 0) is 37.8 Å². The van der Waals surface area contributed by atoms with Crippen molar-refractivity contribution >= 4 is 33.0 Å². The van der Waals surface area contributed by atoms with Gasteiger partial charge >= 0.3 is 5.97 Å². The zero-order chi connectivity index (χ0) is 16.3. The smallest absolute Gasteiger partial charge is 0.329 e. The van der Waals surface area contributed by atoms with Crippen LogP contribution in [0.5, 0.6) is 0 Å². The van der Waals surface area contributed by atoms with Gasteiger partial charge in [0.1, 0.15) is 11.8 Å². The molecular formula is C15H24NO3PS. The van der Waals surface area contributed by atoms with Gasteiger partial charge in [0, 0.05) is 11.6 Å². The molecule has 0 saturated heterocycles. The van der Waals surface area contributed by atoms with Crippen molar-refractivity contribution in [3.63, 3.8) is 0 Å². The molecule has 0 aliphatic carbocycles. The Morgan fingerprint density at radius 1 is 1.38 bits per heavy atom. The number of hydrogen-bond donors (Lipinski definition) is 2. The molecule has 0 amide bonds. The quantitative estimate of drug-likeness (QED) is 0.296. The van der Waals surface area contributed by atoms with Gasteiger partial charge in [-0.25, -0.2) is 4.79 Å². The maximum absolute atomic E-state index is 12.0. The number of carbonyl (C=O) groups excluding carboxylic acids is 2. The number of ketones is 1. The zero-order valence-electron chi connectivity index (χ0n) is 12.9. The summed E-state index contributed by atoms with van der Waals surface area (Å²) in [4.78, 5) is 23.6. The largest absolute Gasteiger partial charge is 0.464 e. The Hall–Kier alpha value is -1.06. The van der Waals surface area contributed by atoms with Crippen LogP contribution in [0.2, 0.25) is 0 Å². The molecule has 0 bridgehead atoms. The van der Waals surface area contributed by atoms with Gasteiger partial charge in [-0.15, -0.1) is 0 Å². The van der Waals surface area contributed by atoms with Crippen LogP contribution in [-0.2, 0) is 14.3 Å². The molecule has 0 aromatic rings. The second-order valence-electron chi connectivity index (χ2n) is 4.36. The first-order valence-electron chi connectivity index (χ1n) is 6.76. The van der Waals surface area contributed by atoms with E-state index in [-0.39, 0.29) is 12.4 Å². The molecule has 0 heterocycles. The summed E-state index contributed by atoms with van der Waals surface area (Å²) in [5.41, 5.74) is 0.786. The van der Waals surface area contributed by atoms with E-state index in [2.05, 4.69) is 17.9 Å². The molecular weight excluding hydrogens is 305 g/mol. The predicted octanol–water partition coefficient (Wildman–Crippen LogP) is 2.88. The Balaban J connectivity index is 5.18. The third-order valence-electron chi connectivity index (χ3n) is 2.78. The summed E-state index contributed by atoms with van der Waals surface area (Å²) in [5, 5.41) is 4.72. The van der Waals surface area contributed by atoms with Gasteiger partial charge in [0.2, 0.25) is 0 Å². The number of allylic oxidation sites excluding steroid dienone is 3. The third kappa shape index (κ3) is 8.08. The lowest BCUT2D eigenvalue weighted by molar-refractivity contribution is -0.148. The molecule has 118 valence electrons. The van der Waals surface area contributed by atoms with Crippen LogP contribution in [0.25, 0.3) is 0 Å². The van der Waals surface area contributed by atoms with E-state index in [4.69, 9.17) is 4.74 Å². The van der Waals surface area contributed by atoms with Crippen molar-refractivity contribution in [2.24, 2.45) is 5.92 Å². The van der Waals surface area contributed by atoms with Crippen LogP contribution in [0.15, 0.2) is 35.2 Å². The highest BCUT2D eigenvalue weighted by atomic mass is 32.1. The fourth-order valence-electron chi connectivity index (χ4n) is 1.54. The first-order chi connectivity index (χ1) is 9.97. The summed E-state index contributed by atoms with van der Waals surface area (Å²) in [6, 6.07) is -0.685. The van der Waals surface area contributed by atoms with Crippen molar-refractivity contribution in [3.8, 4) is 0 Å². The maximum atomic E-state index is 12.0. The Morgan fingerprint density at radius 2 is 2.05 bits per heavy atom. The molecule has 0 saturated carbocycles. The number of hydrogen-bond acceptors (Lipinski definition) is 5. The minimum atomic E-state index is -0.685. The van der Waals surface area contributed by atoms with E-state index in [0.29, 0.717) is 8.58 Å². The van der Waals surface area contributed by atoms with E-state index in [0.717, 1.165) is 5.70 Å². The van der Waals surface area contributed by atoms with Crippen LogP contribution in [0, 0.1) is 5.92 Å². The molecule has 4 nitrogen and oxygen atoms in total. The minimum Gasteiger partial charge on any atom is -0.464 e. The molecule has 3 atom stereocenters. The summed E-state index contributed by atoms with van der Waals surface area (Å²) in [5.74, 6) is 1.05. The second kappa shape index (κ2) is 11.6. The van der Waals surface area contributed by atoms with E-state index < -0.39 is 17.9 Å². The normalized spacial score (nSPS) is 15.8. The van der Waals surface area contributed by atoms with E-state index >= 15 is 0 Å². The van der Waals surface area contributed by atoms with Gasteiger partial charge in [0.15, 0.2) is 0 Å². The number of rotatable bonds is 9. The van der Waals surface area contributed by atoms with E-state index in [9.17, 15) is 9.59 Å². The van der Waals surface area contributed by atoms with Crippen molar-refractivity contribution in [1.82, 2.24) is 5.32 Å². The van der Waals surface area contributed by atoms with Crippen LogP contribution in [-0.4, -0.2) is 31.1 Å². The standard InChI is InChI=1S/C15H24NO3PS/c1-5-19-15(18)14(11(2)12(3)17)16-13(10-20-4)8-6-7-9-21/h6-11,14,16,20-21H,5H2,1-4H3/b8-6-,9-7+,13-10+/t11-,14-/m1/s1. The van der Waals surface area contributed by atoms with Gasteiger partial charge in [0.05, 0.1) is 6.61 Å². The predicted molar refractivity (Wildman–Crippen MR) is 93.0 cm³/mol. The number of Topliss-reactive ketones (excluding diaryl/α,β-unsaturated/α-hetero) is 1. The lowest BCUT2D eigenvalue weighted by Gasteiger charge is -2.23. The van der Waals surface area contributed by atoms with Gasteiger partial charge in [-0.3, -0.25) is 4.79 Å². The number of nitrogens with one attached hydrogen (secondary N) is 1. The minimum absolute atomic E-state index is 0.0573. The summed E-state index contributed by atoms with van der Waals surface area (Å²) < 4.78 is 5.05. The summed E-state index contributed by atoms with van der Waals surface area (Å²) in [6.07, 6.45) is 5.42. The van der Waals surface area contributed by atoms with Crippen LogP contribution in [0.1, 0.15) is 20.8 Å². The summed E-state index contributed by atoms with van der Waals surface area (Å²) in [6.45, 7) is 7.25. The molecule has 0 spiro atoms. The molecule has 0 aromatic carbocycles. The van der Waals surface area contributed by atoms with E-state index in [1.54, 1.807) is 25.3 Å². The first-order valence-corrected chi connectivity index (χ1v) is 8.85. The van der Waals surface area contributed by atoms with Gasteiger partial charge < -0.3 is 10.1 Å². The molecule has 6 heteroatoms. The third-order valence-corrected chi connectivity index (χ3v) is 3.55. The lowest BCUT2D eigenvalue weighted by Crippen LogP contribution is -2.44. The molecule has 0 rings (SSSR count). The second-order valence-corrected chi connectivity index (χ2v) is 5.53.